The predicted molar refractivity (Wildman–Crippen MR) is 85.2 cm³/mol. The molecule has 1 aromatic heterocycles. The van der Waals surface area contributed by atoms with Gasteiger partial charge >= 0.3 is 0 Å². The Morgan fingerprint density at radius 2 is 2.24 bits per heavy atom. The predicted octanol–water partition coefficient (Wildman–Crippen LogP) is 3.22. The van der Waals surface area contributed by atoms with E-state index in [1.807, 2.05) is 12.1 Å². The molecule has 1 aliphatic rings. The summed E-state index contributed by atoms with van der Waals surface area (Å²) < 4.78 is 11.0. The molecule has 2 aromatic rings. The maximum atomic E-state index is 6.01. The number of anilines is 1. The number of ether oxygens (including phenoxy) is 2. The van der Waals surface area contributed by atoms with Gasteiger partial charge < -0.3 is 15.2 Å². The van der Waals surface area contributed by atoms with Crippen molar-refractivity contribution in [3.63, 3.8) is 0 Å². The molecule has 0 radical (unpaired) electrons. The second-order valence-electron chi connectivity index (χ2n) is 5.16. The van der Waals surface area contributed by atoms with Gasteiger partial charge in [0.15, 0.2) is 6.79 Å². The Morgan fingerprint density at radius 1 is 1.33 bits per heavy atom. The highest BCUT2D eigenvalue weighted by Crippen LogP contribution is 2.32. The first-order valence-corrected chi connectivity index (χ1v) is 8.00. The van der Waals surface area contributed by atoms with Crippen molar-refractivity contribution in [3.05, 3.63) is 45.6 Å². The molecule has 5 heteroatoms. The lowest BCUT2D eigenvalue weighted by molar-refractivity contribution is -0.0174. The van der Waals surface area contributed by atoms with Crippen LogP contribution in [0.25, 0.3) is 0 Å². The molecule has 0 spiro atoms. The third-order valence-corrected chi connectivity index (χ3v) is 4.47. The Morgan fingerprint density at radius 3 is 3.00 bits per heavy atom. The Bertz CT molecular complexity index is 599. The summed E-state index contributed by atoms with van der Waals surface area (Å²) in [4.78, 5) is 3.76. The SMILES string of the molecule is CCN(Cc1cccs1)Cc1cc(N)cc2c1OCOC2. The molecule has 1 aromatic carbocycles. The molecule has 0 amide bonds. The quantitative estimate of drug-likeness (QED) is 0.862. The minimum atomic E-state index is 0.320. The molecular weight excluding hydrogens is 284 g/mol. The first-order valence-electron chi connectivity index (χ1n) is 7.13. The van der Waals surface area contributed by atoms with E-state index in [0.29, 0.717) is 13.4 Å². The fraction of sp³-hybridized carbons (Fsp3) is 0.375. The van der Waals surface area contributed by atoms with Gasteiger partial charge in [0.1, 0.15) is 5.75 Å². The minimum Gasteiger partial charge on any atom is -0.467 e. The maximum Gasteiger partial charge on any atom is 0.189 e. The summed E-state index contributed by atoms with van der Waals surface area (Å²) in [6, 6.07) is 8.22. The zero-order chi connectivity index (χ0) is 14.7. The van der Waals surface area contributed by atoms with Crippen LogP contribution in [0.15, 0.2) is 29.6 Å². The summed E-state index contributed by atoms with van der Waals surface area (Å²) >= 11 is 1.79. The Kier molecular flexibility index (Phi) is 4.43. The van der Waals surface area contributed by atoms with Crippen LogP contribution in [0.2, 0.25) is 0 Å². The van der Waals surface area contributed by atoms with E-state index in [1.54, 1.807) is 11.3 Å². The molecule has 1 aliphatic heterocycles. The number of nitrogen functional groups attached to an aromatic ring is 1. The van der Waals surface area contributed by atoms with E-state index in [1.165, 1.54) is 4.88 Å². The highest BCUT2D eigenvalue weighted by Gasteiger charge is 2.18. The van der Waals surface area contributed by atoms with E-state index in [4.69, 9.17) is 15.2 Å². The van der Waals surface area contributed by atoms with E-state index in [2.05, 4.69) is 29.3 Å². The number of rotatable bonds is 5. The van der Waals surface area contributed by atoms with E-state index in [9.17, 15) is 0 Å². The van der Waals surface area contributed by atoms with Gasteiger partial charge in [-0.3, -0.25) is 4.90 Å². The highest BCUT2D eigenvalue weighted by molar-refractivity contribution is 7.09. The van der Waals surface area contributed by atoms with Gasteiger partial charge in [0.25, 0.3) is 0 Å². The van der Waals surface area contributed by atoms with Gasteiger partial charge in [-0.05, 0) is 30.1 Å². The molecule has 2 N–H and O–H groups in total. The van der Waals surface area contributed by atoms with Crippen LogP contribution in [0.1, 0.15) is 22.9 Å². The van der Waals surface area contributed by atoms with Gasteiger partial charge in [-0.1, -0.05) is 13.0 Å². The molecular formula is C16H20N2O2S. The minimum absolute atomic E-state index is 0.320. The van der Waals surface area contributed by atoms with Gasteiger partial charge in [0, 0.05) is 34.8 Å². The molecule has 0 bridgehead atoms. The zero-order valence-electron chi connectivity index (χ0n) is 12.2. The molecule has 0 saturated heterocycles. The van der Waals surface area contributed by atoms with Crippen molar-refractivity contribution in [2.24, 2.45) is 0 Å². The van der Waals surface area contributed by atoms with Crippen molar-refractivity contribution < 1.29 is 9.47 Å². The molecule has 0 aliphatic carbocycles. The topological polar surface area (TPSA) is 47.7 Å². The summed E-state index contributed by atoms with van der Waals surface area (Å²) in [6.45, 7) is 5.84. The second-order valence-corrected chi connectivity index (χ2v) is 6.19. The van der Waals surface area contributed by atoms with Crippen molar-refractivity contribution in [1.82, 2.24) is 4.90 Å². The first kappa shape index (κ1) is 14.4. The van der Waals surface area contributed by atoms with Crippen LogP contribution < -0.4 is 10.5 Å². The molecule has 0 fully saturated rings. The fourth-order valence-corrected chi connectivity index (χ4v) is 3.33. The van der Waals surface area contributed by atoms with Crippen molar-refractivity contribution >= 4 is 17.0 Å². The smallest absolute Gasteiger partial charge is 0.189 e. The van der Waals surface area contributed by atoms with Crippen LogP contribution in [0.5, 0.6) is 5.75 Å². The van der Waals surface area contributed by atoms with E-state index >= 15 is 0 Å². The van der Waals surface area contributed by atoms with Crippen LogP contribution in [0, 0.1) is 0 Å². The Hall–Kier alpha value is -1.56. The van der Waals surface area contributed by atoms with Crippen molar-refractivity contribution in [3.8, 4) is 5.75 Å². The van der Waals surface area contributed by atoms with Gasteiger partial charge in [-0.15, -0.1) is 11.3 Å². The number of nitrogens with two attached hydrogens (primary N) is 1. The van der Waals surface area contributed by atoms with E-state index in [-0.39, 0.29) is 0 Å². The Balaban J connectivity index is 1.81. The molecule has 112 valence electrons. The number of hydrogen-bond donors (Lipinski definition) is 1. The average molecular weight is 304 g/mol. The van der Waals surface area contributed by atoms with Crippen molar-refractivity contribution in [1.29, 1.82) is 0 Å². The summed E-state index contributed by atoms with van der Waals surface area (Å²) in [5.41, 5.74) is 8.97. The van der Waals surface area contributed by atoms with Crippen LogP contribution in [0.4, 0.5) is 5.69 Å². The second kappa shape index (κ2) is 6.47. The zero-order valence-corrected chi connectivity index (χ0v) is 13.0. The van der Waals surface area contributed by atoms with Crippen LogP contribution in [-0.2, 0) is 24.4 Å². The van der Waals surface area contributed by atoms with Crippen LogP contribution >= 0.6 is 11.3 Å². The number of nitrogens with zero attached hydrogens (tertiary/aromatic N) is 1. The van der Waals surface area contributed by atoms with E-state index in [0.717, 1.165) is 42.2 Å². The number of hydrogen-bond acceptors (Lipinski definition) is 5. The van der Waals surface area contributed by atoms with Crippen molar-refractivity contribution in [2.45, 2.75) is 26.6 Å². The van der Waals surface area contributed by atoms with Gasteiger partial charge in [0.05, 0.1) is 6.61 Å². The monoisotopic (exact) mass is 304 g/mol. The molecule has 0 saturated carbocycles. The van der Waals surface area contributed by atoms with Crippen LogP contribution in [0.3, 0.4) is 0 Å². The number of thiophene rings is 1. The maximum absolute atomic E-state index is 6.01. The van der Waals surface area contributed by atoms with Crippen molar-refractivity contribution in [2.75, 3.05) is 19.1 Å². The first-order chi connectivity index (χ1) is 10.3. The number of benzene rings is 1. The molecule has 4 nitrogen and oxygen atoms in total. The lowest BCUT2D eigenvalue weighted by Crippen LogP contribution is -2.23. The van der Waals surface area contributed by atoms with Gasteiger partial charge in [-0.25, -0.2) is 0 Å². The number of fused-ring (bicyclic) bond motifs is 1. The summed E-state index contributed by atoms with van der Waals surface area (Å²) in [5.74, 6) is 0.945. The summed E-state index contributed by atoms with van der Waals surface area (Å²) in [7, 11) is 0. The third-order valence-electron chi connectivity index (χ3n) is 3.61. The largest absolute Gasteiger partial charge is 0.467 e. The van der Waals surface area contributed by atoms with E-state index < -0.39 is 0 Å². The van der Waals surface area contributed by atoms with Gasteiger partial charge in [0.2, 0.25) is 0 Å². The third kappa shape index (κ3) is 3.37. The fourth-order valence-electron chi connectivity index (χ4n) is 2.59. The summed E-state index contributed by atoms with van der Waals surface area (Å²) in [5, 5.41) is 2.12. The van der Waals surface area contributed by atoms with Gasteiger partial charge in [-0.2, -0.15) is 0 Å². The molecule has 0 atom stereocenters. The summed E-state index contributed by atoms with van der Waals surface area (Å²) in [6.07, 6.45) is 0. The lowest BCUT2D eigenvalue weighted by Gasteiger charge is -2.25. The Labute approximate surface area is 129 Å². The molecule has 0 unspecified atom stereocenters. The molecule has 3 rings (SSSR count). The molecule has 21 heavy (non-hydrogen) atoms. The standard InChI is InChI=1S/C16H20N2O2S/c1-2-18(9-15-4-3-5-21-15)8-12-6-14(17)7-13-10-19-11-20-16(12)13/h3-7H,2,8-11,17H2,1H3. The highest BCUT2D eigenvalue weighted by atomic mass is 32.1. The van der Waals surface area contributed by atoms with Crippen LogP contribution in [-0.4, -0.2) is 18.2 Å². The lowest BCUT2D eigenvalue weighted by atomic mass is 10.1. The molecule has 2 heterocycles. The normalized spacial score (nSPS) is 14.0. The average Bonchev–Trinajstić information content (AvgIpc) is 2.99.